The third kappa shape index (κ3) is 1.47. The van der Waals surface area contributed by atoms with Crippen molar-refractivity contribution >= 4 is 5.94 Å². The summed E-state index contributed by atoms with van der Waals surface area (Å²) in [5, 5.41) is 0. The first kappa shape index (κ1) is 7.52. The molecule has 10 heavy (non-hydrogen) atoms. The first-order valence-corrected chi connectivity index (χ1v) is 3.82. The van der Waals surface area contributed by atoms with Crippen LogP contribution in [0.3, 0.4) is 0 Å². The SMILES string of the molecule is NCC1CCCCC1=C=O. The number of carbonyl (C=O) groups excluding carboxylic acids is 1. The number of hydrogen-bond acceptors (Lipinski definition) is 2. The van der Waals surface area contributed by atoms with Crippen molar-refractivity contribution in [2.24, 2.45) is 11.7 Å². The molecule has 0 radical (unpaired) electrons. The lowest BCUT2D eigenvalue weighted by atomic mass is 9.85. The van der Waals surface area contributed by atoms with Crippen molar-refractivity contribution in [1.29, 1.82) is 0 Å². The van der Waals surface area contributed by atoms with Gasteiger partial charge in [0.05, 0.1) is 0 Å². The van der Waals surface area contributed by atoms with E-state index in [0.29, 0.717) is 12.5 Å². The van der Waals surface area contributed by atoms with Gasteiger partial charge < -0.3 is 5.73 Å². The van der Waals surface area contributed by atoms with Gasteiger partial charge in [0.2, 0.25) is 0 Å². The standard InChI is InChI=1S/C8H13NO/c9-5-7-3-1-2-4-8(7)6-10/h7H,1-5,9H2. The Kier molecular flexibility index (Phi) is 2.67. The van der Waals surface area contributed by atoms with E-state index in [1.54, 1.807) is 0 Å². The van der Waals surface area contributed by atoms with Crippen LogP contribution in [-0.4, -0.2) is 12.5 Å². The van der Waals surface area contributed by atoms with Crippen molar-refractivity contribution in [2.45, 2.75) is 25.7 Å². The maximum atomic E-state index is 10.3. The topological polar surface area (TPSA) is 43.1 Å². The summed E-state index contributed by atoms with van der Waals surface area (Å²) in [5.41, 5.74) is 6.38. The summed E-state index contributed by atoms with van der Waals surface area (Å²) in [6, 6.07) is 0. The summed E-state index contributed by atoms with van der Waals surface area (Å²) in [7, 11) is 0. The van der Waals surface area contributed by atoms with E-state index in [1.807, 2.05) is 5.94 Å². The van der Waals surface area contributed by atoms with Gasteiger partial charge in [-0.1, -0.05) is 6.42 Å². The molecule has 0 spiro atoms. The van der Waals surface area contributed by atoms with Crippen molar-refractivity contribution < 1.29 is 4.79 Å². The highest BCUT2D eigenvalue weighted by molar-refractivity contribution is 5.53. The molecule has 0 heterocycles. The molecule has 1 aliphatic carbocycles. The fraction of sp³-hybridized carbons (Fsp3) is 0.750. The predicted octanol–water partition coefficient (Wildman–Crippen LogP) is 0.893. The minimum Gasteiger partial charge on any atom is -0.330 e. The van der Waals surface area contributed by atoms with Crippen molar-refractivity contribution in [2.75, 3.05) is 6.54 Å². The van der Waals surface area contributed by atoms with E-state index in [4.69, 9.17) is 5.73 Å². The van der Waals surface area contributed by atoms with E-state index in [9.17, 15) is 4.79 Å². The average Bonchev–Trinajstić information content (AvgIpc) is 2.04. The molecule has 1 fully saturated rings. The molecule has 0 bridgehead atoms. The Bertz CT molecular complexity index is 159. The van der Waals surface area contributed by atoms with Gasteiger partial charge in [-0.3, -0.25) is 0 Å². The van der Waals surface area contributed by atoms with Gasteiger partial charge in [0.1, 0.15) is 5.94 Å². The van der Waals surface area contributed by atoms with Crippen LogP contribution in [0.1, 0.15) is 25.7 Å². The van der Waals surface area contributed by atoms with E-state index in [0.717, 1.165) is 24.8 Å². The lowest BCUT2D eigenvalue weighted by Crippen LogP contribution is -2.20. The minimum atomic E-state index is 0.339. The molecule has 1 saturated carbocycles. The van der Waals surface area contributed by atoms with Gasteiger partial charge in [-0.25, -0.2) is 4.79 Å². The zero-order chi connectivity index (χ0) is 7.40. The monoisotopic (exact) mass is 139 g/mol. The molecule has 0 aromatic carbocycles. The highest BCUT2D eigenvalue weighted by atomic mass is 16.1. The number of rotatable bonds is 1. The summed E-state index contributed by atoms with van der Waals surface area (Å²) in [4.78, 5) is 10.3. The number of hydrogen-bond donors (Lipinski definition) is 1. The van der Waals surface area contributed by atoms with Crippen molar-refractivity contribution in [3.63, 3.8) is 0 Å². The van der Waals surface area contributed by atoms with Gasteiger partial charge >= 0.3 is 0 Å². The van der Waals surface area contributed by atoms with Crippen LogP contribution in [0.2, 0.25) is 0 Å². The Labute approximate surface area is 61.1 Å². The maximum absolute atomic E-state index is 10.3. The Morgan fingerprint density at radius 2 is 2.40 bits per heavy atom. The van der Waals surface area contributed by atoms with E-state index >= 15 is 0 Å². The second kappa shape index (κ2) is 3.55. The van der Waals surface area contributed by atoms with Crippen molar-refractivity contribution in [3.8, 4) is 0 Å². The molecule has 0 aliphatic heterocycles. The molecular formula is C8H13NO. The van der Waals surface area contributed by atoms with Crippen molar-refractivity contribution in [1.82, 2.24) is 0 Å². The molecule has 1 unspecified atom stereocenters. The first-order valence-electron chi connectivity index (χ1n) is 3.82. The van der Waals surface area contributed by atoms with Gasteiger partial charge in [-0.05, 0) is 25.8 Å². The zero-order valence-corrected chi connectivity index (χ0v) is 6.10. The molecule has 2 nitrogen and oxygen atoms in total. The normalized spacial score (nSPS) is 26.1. The molecule has 1 atom stereocenters. The Balaban J connectivity index is 2.59. The molecular weight excluding hydrogens is 126 g/mol. The smallest absolute Gasteiger partial charge is 0.123 e. The molecule has 1 rings (SSSR count). The van der Waals surface area contributed by atoms with Gasteiger partial charge in [0, 0.05) is 11.5 Å². The highest BCUT2D eigenvalue weighted by Crippen LogP contribution is 2.26. The van der Waals surface area contributed by atoms with Gasteiger partial charge in [0.25, 0.3) is 0 Å². The Morgan fingerprint density at radius 1 is 1.60 bits per heavy atom. The fourth-order valence-electron chi connectivity index (χ4n) is 1.48. The molecule has 0 aromatic heterocycles. The van der Waals surface area contributed by atoms with Gasteiger partial charge in [-0.15, -0.1) is 0 Å². The summed E-state index contributed by atoms with van der Waals surface area (Å²) in [6.07, 6.45) is 4.36. The van der Waals surface area contributed by atoms with Gasteiger partial charge in [0.15, 0.2) is 0 Å². The van der Waals surface area contributed by atoms with Crippen molar-refractivity contribution in [3.05, 3.63) is 5.57 Å². The van der Waals surface area contributed by atoms with Crippen LogP contribution < -0.4 is 5.73 Å². The van der Waals surface area contributed by atoms with E-state index in [1.165, 1.54) is 6.42 Å². The molecule has 0 aromatic rings. The third-order valence-electron chi connectivity index (χ3n) is 2.16. The average molecular weight is 139 g/mol. The first-order chi connectivity index (χ1) is 4.88. The molecule has 56 valence electrons. The van der Waals surface area contributed by atoms with E-state index in [-0.39, 0.29) is 0 Å². The lowest BCUT2D eigenvalue weighted by Gasteiger charge is -2.20. The van der Waals surface area contributed by atoms with Crippen LogP contribution in [-0.2, 0) is 4.79 Å². The van der Waals surface area contributed by atoms with Crippen LogP contribution in [0, 0.1) is 5.92 Å². The minimum absolute atomic E-state index is 0.339. The van der Waals surface area contributed by atoms with Crippen LogP contribution in [0.4, 0.5) is 0 Å². The van der Waals surface area contributed by atoms with Crippen LogP contribution in [0.15, 0.2) is 5.57 Å². The largest absolute Gasteiger partial charge is 0.330 e. The molecule has 0 amide bonds. The Hall–Kier alpha value is -0.590. The van der Waals surface area contributed by atoms with E-state index < -0.39 is 0 Å². The molecule has 0 saturated heterocycles. The summed E-state index contributed by atoms with van der Waals surface area (Å²) in [5.74, 6) is 2.33. The van der Waals surface area contributed by atoms with E-state index in [2.05, 4.69) is 0 Å². The van der Waals surface area contributed by atoms with Gasteiger partial charge in [-0.2, -0.15) is 0 Å². The second-order valence-corrected chi connectivity index (χ2v) is 2.81. The quantitative estimate of drug-likeness (QED) is 0.548. The molecule has 2 heteroatoms. The molecule has 1 aliphatic rings. The lowest BCUT2D eigenvalue weighted by molar-refractivity contribution is 0.458. The zero-order valence-electron chi connectivity index (χ0n) is 6.10. The number of nitrogens with two attached hydrogens (primary N) is 1. The Morgan fingerprint density at radius 3 is 2.90 bits per heavy atom. The van der Waals surface area contributed by atoms with Crippen LogP contribution in [0.5, 0.6) is 0 Å². The summed E-state index contributed by atoms with van der Waals surface area (Å²) in [6.45, 7) is 0.616. The van der Waals surface area contributed by atoms with Crippen LogP contribution in [0.25, 0.3) is 0 Å². The summed E-state index contributed by atoms with van der Waals surface area (Å²) < 4.78 is 0. The maximum Gasteiger partial charge on any atom is 0.123 e. The predicted molar refractivity (Wildman–Crippen MR) is 40.2 cm³/mol. The second-order valence-electron chi connectivity index (χ2n) is 2.81. The van der Waals surface area contributed by atoms with Crippen LogP contribution >= 0.6 is 0 Å². The summed E-state index contributed by atoms with van der Waals surface area (Å²) >= 11 is 0. The highest BCUT2D eigenvalue weighted by Gasteiger charge is 2.17. The third-order valence-corrected chi connectivity index (χ3v) is 2.16. The fourth-order valence-corrected chi connectivity index (χ4v) is 1.48. The molecule has 2 N–H and O–H groups in total.